The number of nitrogens with one attached hydrogen (secondary N) is 1. The SMILES string of the molecule is N#CCC(C1CCN(N)C1)n1cc(-c2ncnc3[nH]ccc23)cn1. The number of H-pyrrole nitrogens is 1. The molecule has 0 aliphatic carbocycles. The van der Waals surface area contributed by atoms with Crippen molar-refractivity contribution in [2.24, 2.45) is 11.8 Å². The van der Waals surface area contributed by atoms with Crippen molar-refractivity contribution in [1.82, 2.24) is 29.7 Å². The van der Waals surface area contributed by atoms with Gasteiger partial charge in [0.25, 0.3) is 0 Å². The molecule has 122 valence electrons. The van der Waals surface area contributed by atoms with Crippen LogP contribution < -0.4 is 5.84 Å². The first-order valence-corrected chi connectivity index (χ1v) is 7.95. The zero-order valence-corrected chi connectivity index (χ0v) is 13.1. The quantitative estimate of drug-likeness (QED) is 0.703. The van der Waals surface area contributed by atoms with Gasteiger partial charge in [-0.2, -0.15) is 10.4 Å². The highest BCUT2D eigenvalue weighted by molar-refractivity contribution is 5.89. The maximum absolute atomic E-state index is 9.20. The first-order chi connectivity index (χ1) is 11.8. The fourth-order valence-corrected chi connectivity index (χ4v) is 3.44. The molecule has 0 saturated carbocycles. The van der Waals surface area contributed by atoms with Gasteiger partial charge in [-0.1, -0.05) is 0 Å². The lowest BCUT2D eigenvalue weighted by Crippen LogP contribution is -2.30. The summed E-state index contributed by atoms with van der Waals surface area (Å²) in [6, 6.07) is 4.27. The normalized spacial score (nSPS) is 19.6. The standard InChI is InChI=1S/C16H18N8/c17-4-1-14(11-3-6-23(18)8-11)24-9-12(7-22-24)15-13-2-5-19-16(13)21-10-20-15/h2,5,7,9-11,14H,1,3,6,8,18H2,(H,19,20,21). The molecule has 1 saturated heterocycles. The number of aromatic amines is 1. The van der Waals surface area contributed by atoms with E-state index in [0.717, 1.165) is 41.8 Å². The van der Waals surface area contributed by atoms with Gasteiger partial charge in [-0.15, -0.1) is 0 Å². The Morgan fingerprint density at radius 2 is 2.38 bits per heavy atom. The van der Waals surface area contributed by atoms with Gasteiger partial charge in [0.1, 0.15) is 12.0 Å². The van der Waals surface area contributed by atoms with Gasteiger partial charge in [-0.05, 0) is 18.4 Å². The number of nitrogens with two attached hydrogens (primary N) is 1. The van der Waals surface area contributed by atoms with Crippen LogP contribution in [0.25, 0.3) is 22.3 Å². The molecular formula is C16H18N8. The third-order valence-corrected chi connectivity index (χ3v) is 4.67. The molecule has 4 rings (SSSR count). The second kappa shape index (κ2) is 6.03. The summed E-state index contributed by atoms with van der Waals surface area (Å²) in [7, 11) is 0. The summed E-state index contributed by atoms with van der Waals surface area (Å²) in [4.78, 5) is 11.7. The fraction of sp³-hybridized carbons (Fsp3) is 0.375. The maximum Gasteiger partial charge on any atom is 0.141 e. The Hall–Kier alpha value is -2.76. The van der Waals surface area contributed by atoms with Crippen molar-refractivity contribution >= 4 is 11.0 Å². The predicted octanol–water partition coefficient (Wildman–Crippen LogP) is 1.47. The van der Waals surface area contributed by atoms with Crippen molar-refractivity contribution in [3.8, 4) is 17.3 Å². The molecule has 0 radical (unpaired) electrons. The molecule has 0 spiro atoms. The van der Waals surface area contributed by atoms with Crippen molar-refractivity contribution in [3.63, 3.8) is 0 Å². The van der Waals surface area contributed by atoms with E-state index in [1.807, 2.05) is 28.2 Å². The molecule has 1 aliphatic heterocycles. The summed E-state index contributed by atoms with van der Waals surface area (Å²) in [5, 5.41) is 16.5. The van der Waals surface area contributed by atoms with Crippen LogP contribution in [0.4, 0.5) is 0 Å². The molecule has 8 nitrogen and oxygen atoms in total. The van der Waals surface area contributed by atoms with Crippen LogP contribution in [0.5, 0.6) is 0 Å². The lowest BCUT2D eigenvalue weighted by molar-refractivity contribution is 0.282. The summed E-state index contributed by atoms with van der Waals surface area (Å²) in [6.45, 7) is 1.65. The number of nitriles is 1. The van der Waals surface area contributed by atoms with Crippen molar-refractivity contribution in [3.05, 3.63) is 31.0 Å². The van der Waals surface area contributed by atoms with E-state index < -0.39 is 0 Å². The lowest BCUT2D eigenvalue weighted by atomic mass is 9.97. The van der Waals surface area contributed by atoms with E-state index in [1.165, 1.54) is 0 Å². The van der Waals surface area contributed by atoms with Crippen LogP contribution in [0.1, 0.15) is 18.9 Å². The van der Waals surface area contributed by atoms with E-state index in [0.29, 0.717) is 12.3 Å². The van der Waals surface area contributed by atoms with Crippen LogP contribution in [0, 0.1) is 17.2 Å². The molecule has 24 heavy (non-hydrogen) atoms. The Morgan fingerprint density at radius 1 is 1.46 bits per heavy atom. The zero-order chi connectivity index (χ0) is 16.5. The van der Waals surface area contributed by atoms with Gasteiger partial charge in [-0.25, -0.2) is 15.0 Å². The molecular weight excluding hydrogens is 304 g/mol. The Labute approximate surface area is 138 Å². The molecule has 0 amide bonds. The second-order valence-electron chi connectivity index (χ2n) is 6.14. The number of nitrogens with zero attached hydrogens (tertiary/aromatic N) is 6. The van der Waals surface area contributed by atoms with Gasteiger partial charge in [0, 0.05) is 36.4 Å². The van der Waals surface area contributed by atoms with Gasteiger partial charge in [0.05, 0.1) is 30.4 Å². The Bertz CT molecular complexity index is 889. The minimum absolute atomic E-state index is 0.0286. The highest BCUT2D eigenvalue weighted by Gasteiger charge is 2.30. The molecule has 3 aromatic rings. The van der Waals surface area contributed by atoms with Crippen LogP contribution in [-0.2, 0) is 0 Å². The summed E-state index contributed by atoms with van der Waals surface area (Å²) in [6.07, 6.45) is 8.56. The van der Waals surface area contributed by atoms with Crippen molar-refractivity contribution in [1.29, 1.82) is 5.26 Å². The number of hydrogen-bond donors (Lipinski definition) is 2. The predicted molar refractivity (Wildman–Crippen MR) is 88.2 cm³/mol. The van der Waals surface area contributed by atoms with Crippen molar-refractivity contribution in [2.45, 2.75) is 18.9 Å². The summed E-state index contributed by atoms with van der Waals surface area (Å²) >= 11 is 0. The van der Waals surface area contributed by atoms with Crippen molar-refractivity contribution < 1.29 is 0 Å². The summed E-state index contributed by atoms with van der Waals surface area (Å²) in [5.41, 5.74) is 2.57. The fourth-order valence-electron chi connectivity index (χ4n) is 3.44. The molecule has 1 aliphatic rings. The molecule has 0 aromatic carbocycles. The van der Waals surface area contributed by atoms with E-state index in [2.05, 4.69) is 26.1 Å². The lowest BCUT2D eigenvalue weighted by Gasteiger charge is -2.21. The van der Waals surface area contributed by atoms with Gasteiger partial charge in [0.2, 0.25) is 0 Å². The monoisotopic (exact) mass is 322 g/mol. The smallest absolute Gasteiger partial charge is 0.141 e. The van der Waals surface area contributed by atoms with Gasteiger partial charge >= 0.3 is 0 Å². The molecule has 0 bridgehead atoms. The van der Waals surface area contributed by atoms with E-state index in [1.54, 1.807) is 12.5 Å². The average molecular weight is 322 g/mol. The van der Waals surface area contributed by atoms with E-state index in [4.69, 9.17) is 5.84 Å². The molecule has 1 fully saturated rings. The Kier molecular flexibility index (Phi) is 3.72. The third kappa shape index (κ3) is 2.54. The summed E-state index contributed by atoms with van der Waals surface area (Å²) in [5.74, 6) is 6.22. The second-order valence-corrected chi connectivity index (χ2v) is 6.14. The molecule has 2 atom stereocenters. The topological polar surface area (TPSA) is 112 Å². The van der Waals surface area contributed by atoms with E-state index in [-0.39, 0.29) is 6.04 Å². The number of aromatic nitrogens is 5. The Morgan fingerprint density at radius 3 is 3.17 bits per heavy atom. The van der Waals surface area contributed by atoms with Crippen LogP contribution in [0.3, 0.4) is 0 Å². The van der Waals surface area contributed by atoms with Crippen molar-refractivity contribution in [2.75, 3.05) is 13.1 Å². The highest BCUT2D eigenvalue weighted by Crippen LogP contribution is 2.31. The van der Waals surface area contributed by atoms with Crippen LogP contribution >= 0.6 is 0 Å². The molecule has 3 N–H and O–H groups in total. The van der Waals surface area contributed by atoms with Crippen LogP contribution in [-0.4, -0.2) is 42.8 Å². The minimum Gasteiger partial charge on any atom is -0.346 e. The Balaban J connectivity index is 1.68. The molecule has 3 aromatic heterocycles. The largest absolute Gasteiger partial charge is 0.346 e. The van der Waals surface area contributed by atoms with E-state index >= 15 is 0 Å². The zero-order valence-electron chi connectivity index (χ0n) is 13.1. The molecule has 4 heterocycles. The number of fused-ring (bicyclic) bond motifs is 1. The minimum atomic E-state index is 0.0286. The van der Waals surface area contributed by atoms with Gasteiger partial charge in [-0.3, -0.25) is 10.5 Å². The average Bonchev–Trinajstić information content (AvgIpc) is 3.32. The summed E-state index contributed by atoms with van der Waals surface area (Å²) < 4.78 is 1.89. The molecule has 8 heteroatoms. The van der Waals surface area contributed by atoms with Gasteiger partial charge < -0.3 is 4.98 Å². The van der Waals surface area contributed by atoms with Gasteiger partial charge in [0.15, 0.2) is 0 Å². The van der Waals surface area contributed by atoms with E-state index in [9.17, 15) is 5.26 Å². The molecule has 2 unspecified atom stereocenters. The number of hydrazine groups is 1. The highest BCUT2D eigenvalue weighted by atomic mass is 15.4. The maximum atomic E-state index is 9.20. The first-order valence-electron chi connectivity index (χ1n) is 7.95. The first kappa shape index (κ1) is 14.8. The third-order valence-electron chi connectivity index (χ3n) is 4.67. The van der Waals surface area contributed by atoms with Crippen LogP contribution in [0.15, 0.2) is 31.0 Å². The number of rotatable bonds is 4. The van der Waals surface area contributed by atoms with Crippen LogP contribution in [0.2, 0.25) is 0 Å². The number of hydrogen-bond acceptors (Lipinski definition) is 6.